The Kier molecular flexibility index (Phi) is 7.41. The van der Waals surface area contributed by atoms with Gasteiger partial charge in [0.05, 0.1) is 6.61 Å². The molecule has 0 spiro atoms. The average Bonchev–Trinajstić information content (AvgIpc) is 2.38. The number of carboxylic acids is 1. The van der Waals surface area contributed by atoms with E-state index in [1.807, 2.05) is 26.0 Å². The summed E-state index contributed by atoms with van der Waals surface area (Å²) in [6, 6.07) is 6.70. The quantitative estimate of drug-likeness (QED) is 0.688. The zero-order chi connectivity index (χ0) is 15.0. The van der Waals surface area contributed by atoms with Gasteiger partial charge < -0.3 is 15.2 Å². The zero-order valence-corrected chi connectivity index (χ0v) is 12.7. The third-order valence-electron chi connectivity index (χ3n) is 2.80. The number of halogens is 1. The van der Waals surface area contributed by atoms with Crippen molar-refractivity contribution in [3.05, 3.63) is 29.3 Å². The molecule has 2 N–H and O–H groups in total. The molecule has 20 heavy (non-hydrogen) atoms. The Morgan fingerprint density at radius 1 is 1.35 bits per heavy atom. The van der Waals surface area contributed by atoms with Gasteiger partial charge in [-0.3, -0.25) is 4.79 Å². The van der Waals surface area contributed by atoms with Gasteiger partial charge in [-0.05, 0) is 49.6 Å². The minimum Gasteiger partial charge on any atom is -0.494 e. The maximum absolute atomic E-state index is 11.0. The maximum atomic E-state index is 11.0. The van der Waals surface area contributed by atoms with Crippen molar-refractivity contribution < 1.29 is 14.6 Å². The Morgan fingerprint density at radius 3 is 2.55 bits per heavy atom. The SMILES string of the molecule is CC(C)CC(NCCCOc1ccc(Cl)cc1)C(=O)O. The second-order valence-electron chi connectivity index (χ2n) is 5.13. The molecule has 4 nitrogen and oxygen atoms in total. The highest BCUT2D eigenvalue weighted by atomic mass is 35.5. The monoisotopic (exact) mass is 299 g/mol. The molecule has 1 rings (SSSR count). The first-order valence-corrected chi connectivity index (χ1v) is 7.21. The van der Waals surface area contributed by atoms with Crippen molar-refractivity contribution in [2.45, 2.75) is 32.7 Å². The van der Waals surface area contributed by atoms with Crippen LogP contribution in [0, 0.1) is 5.92 Å². The van der Waals surface area contributed by atoms with Crippen molar-refractivity contribution in [1.29, 1.82) is 0 Å². The summed E-state index contributed by atoms with van der Waals surface area (Å²) >= 11 is 5.78. The Morgan fingerprint density at radius 2 is 2.00 bits per heavy atom. The number of benzene rings is 1. The standard InChI is InChI=1S/C15H22ClNO3/c1-11(2)10-14(15(18)19)17-8-3-9-20-13-6-4-12(16)5-7-13/h4-7,11,14,17H,3,8-10H2,1-2H3,(H,18,19). The molecule has 1 aromatic rings. The van der Waals surface area contributed by atoms with Gasteiger partial charge in [0.25, 0.3) is 0 Å². The molecular formula is C15H22ClNO3. The van der Waals surface area contributed by atoms with Crippen LogP contribution < -0.4 is 10.1 Å². The van der Waals surface area contributed by atoms with Gasteiger partial charge >= 0.3 is 5.97 Å². The fraction of sp³-hybridized carbons (Fsp3) is 0.533. The molecule has 112 valence electrons. The van der Waals surface area contributed by atoms with Crippen molar-refractivity contribution in [2.24, 2.45) is 5.92 Å². The smallest absolute Gasteiger partial charge is 0.320 e. The molecule has 0 bridgehead atoms. The van der Waals surface area contributed by atoms with Crippen molar-refractivity contribution in [1.82, 2.24) is 5.32 Å². The summed E-state index contributed by atoms with van der Waals surface area (Å²) in [7, 11) is 0. The van der Waals surface area contributed by atoms with E-state index in [0.717, 1.165) is 12.2 Å². The van der Waals surface area contributed by atoms with Crippen LogP contribution in [-0.4, -0.2) is 30.3 Å². The number of hydrogen-bond donors (Lipinski definition) is 2. The van der Waals surface area contributed by atoms with Gasteiger partial charge in [-0.1, -0.05) is 25.4 Å². The summed E-state index contributed by atoms with van der Waals surface area (Å²) in [4.78, 5) is 11.0. The van der Waals surface area contributed by atoms with Crippen LogP contribution in [0.15, 0.2) is 24.3 Å². The average molecular weight is 300 g/mol. The minimum absolute atomic E-state index is 0.355. The summed E-state index contributed by atoms with van der Waals surface area (Å²) in [6.07, 6.45) is 1.39. The van der Waals surface area contributed by atoms with Gasteiger partial charge in [0, 0.05) is 5.02 Å². The highest BCUT2D eigenvalue weighted by Crippen LogP contribution is 2.15. The summed E-state index contributed by atoms with van der Waals surface area (Å²) in [5.41, 5.74) is 0. The Hall–Kier alpha value is -1.26. The van der Waals surface area contributed by atoms with Gasteiger partial charge in [0.2, 0.25) is 0 Å². The highest BCUT2D eigenvalue weighted by molar-refractivity contribution is 6.30. The topological polar surface area (TPSA) is 58.6 Å². The van der Waals surface area contributed by atoms with E-state index in [1.54, 1.807) is 12.1 Å². The number of rotatable bonds is 9. The summed E-state index contributed by atoms with van der Waals surface area (Å²) in [6.45, 7) is 5.20. The van der Waals surface area contributed by atoms with Gasteiger partial charge in [0.1, 0.15) is 11.8 Å². The summed E-state index contributed by atoms with van der Waals surface area (Å²) < 4.78 is 5.54. The third kappa shape index (κ3) is 6.78. The molecule has 1 unspecified atom stereocenters. The van der Waals surface area contributed by atoms with Crippen LogP contribution in [-0.2, 0) is 4.79 Å². The lowest BCUT2D eigenvalue weighted by Crippen LogP contribution is -2.38. The van der Waals surface area contributed by atoms with Crippen LogP contribution >= 0.6 is 11.6 Å². The van der Waals surface area contributed by atoms with E-state index in [-0.39, 0.29) is 0 Å². The van der Waals surface area contributed by atoms with Crippen LogP contribution in [0.2, 0.25) is 5.02 Å². The van der Waals surface area contributed by atoms with E-state index in [9.17, 15) is 4.79 Å². The lowest BCUT2D eigenvalue weighted by molar-refractivity contribution is -0.139. The lowest BCUT2D eigenvalue weighted by atomic mass is 10.0. The lowest BCUT2D eigenvalue weighted by Gasteiger charge is -2.16. The molecule has 0 heterocycles. The summed E-state index contributed by atoms with van der Waals surface area (Å²) in [5.74, 6) is 0.331. The molecule has 0 radical (unpaired) electrons. The summed E-state index contributed by atoms with van der Waals surface area (Å²) in [5, 5.41) is 12.8. The van der Waals surface area contributed by atoms with Crippen LogP contribution in [0.1, 0.15) is 26.7 Å². The minimum atomic E-state index is -0.794. The largest absolute Gasteiger partial charge is 0.494 e. The van der Waals surface area contributed by atoms with Gasteiger partial charge in [-0.2, -0.15) is 0 Å². The molecule has 0 aliphatic rings. The molecule has 0 amide bonds. The van der Waals surface area contributed by atoms with Crippen molar-refractivity contribution in [3.8, 4) is 5.75 Å². The van der Waals surface area contributed by atoms with Gasteiger partial charge in [-0.25, -0.2) is 0 Å². The molecule has 1 atom stereocenters. The Labute approximate surface area is 125 Å². The normalized spacial score (nSPS) is 12.4. The second-order valence-corrected chi connectivity index (χ2v) is 5.57. The first kappa shape index (κ1) is 16.8. The van der Waals surface area contributed by atoms with Crippen LogP contribution in [0.5, 0.6) is 5.75 Å². The van der Waals surface area contributed by atoms with Crippen LogP contribution in [0.3, 0.4) is 0 Å². The Balaban J connectivity index is 2.20. The van der Waals surface area contributed by atoms with Gasteiger partial charge in [-0.15, -0.1) is 0 Å². The van der Waals surface area contributed by atoms with E-state index in [1.165, 1.54) is 0 Å². The predicted octanol–water partition coefficient (Wildman–Crippen LogP) is 3.20. The third-order valence-corrected chi connectivity index (χ3v) is 3.05. The highest BCUT2D eigenvalue weighted by Gasteiger charge is 2.17. The molecule has 0 aromatic heterocycles. The molecule has 5 heteroatoms. The molecule has 0 fully saturated rings. The Bertz CT molecular complexity index is 406. The fourth-order valence-electron chi connectivity index (χ4n) is 1.81. The van der Waals surface area contributed by atoms with Crippen LogP contribution in [0.25, 0.3) is 0 Å². The van der Waals surface area contributed by atoms with Crippen LogP contribution in [0.4, 0.5) is 0 Å². The van der Waals surface area contributed by atoms with Gasteiger partial charge in [0.15, 0.2) is 0 Å². The van der Waals surface area contributed by atoms with Crippen molar-refractivity contribution >= 4 is 17.6 Å². The number of carboxylic acid groups (broad SMARTS) is 1. The number of aliphatic carboxylic acids is 1. The number of ether oxygens (including phenoxy) is 1. The molecule has 0 aliphatic carbocycles. The van der Waals surface area contributed by atoms with E-state index in [4.69, 9.17) is 21.4 Å². The molecular weight excluding hydrogens is 278 g/mol. The maximum Gasteiger partial charge on any atom is 0.320 e. The zero-order valence-electron chi connectivity index (χ0n) is 11.9. The fourth-order valence-corrected chi connectivity index (χ4v) is 1.94. The number of carbonyl (C=O) groups is 1. The molecule has 1 aromatic carbocycles. The van der Waals surface area contributed by atoms with E-state index in [0.29, 0.717) is 30.5 Å². The van der Waals surface area contributed by atoms with E-state index >= 15 is 0 Å². The first-order valence-electron chi connectivity index (χ1n) is 6.83. The number of nitrogens with one attached hydrogen (secondary N) is 1. The van der Waals surface area contributed by atoms with Crippen molar-refractivity contribution in [3.63, 3.8) is 0 Å². The van der Waals surface area contributed by atoms with Crippen molar-refractivity contribution in [2.75, 3.05) is 13.2 Å². The van der Waals surface area contributed by atoms with E-state index in [2.05, 4.69) is 5.32 Å². The second kappa shape index (κ2) is 8.82. The van der Waals surface area contributed by atoms with E-state index < -0.39 is 12.0 Å². The molecule has 0 saturated carbocycles. The molecule has 0 aliphatic heterocycles. The molecule has 0 saturated heterocycles. The first-order chi connectivity index (χ1) is 9.49. The number of hydrogen-bond acceptors (Lipinski definition) is 3. The predicted molar refractivity (Wildman–Crippen MR) is 80.4 cm³/mol.